The zero-order valence-electron chi connectivity index (χ0n) is 11.6. The second-order valence-corrected chi connectivity index (χ2v) is 6.42. The second-order valence-electron chi connectivity index (χ2n) is 5.57. The van der Waals surface area contributed by atoms with Gasteiger partial charge in [-0.25, -0.2) is 0 Å². The SMILES string of the molecule is CN(CCC(=O)c1ccccc1Br)CC1CCCC1. The molecule has 1 aromatic rings. The van der Waals surface area contributed by atoms with Crippen LogP contribution >= 0.6 is 15.9 Å². The third-order valence-electron chi connectivity index (χ3n) is 3.94. The molecule has 19 heavy (non-hydrogen) atoms. The Balaban J connectivity index is 1.78. The van der Waals surface area contributed by atoms with E-state index < -0.39 is 0 Å². The summed E-state index contributed by atoms with van der Waals surface area (Å²) in [6.45, 7) is 2.00. The van der Waals surface area contributed by atoms with Crippen molar-refractivity contribution in [2.75, 3.05) is 20.1 Å². The van der Waals surface area contributed by atoms with E-state index >= 15 is 0 Å². The van der Waals surface area contributed by atoms with Gasteiger partial charge in [0.15, 0.2) is 5.78 Å². The van der Waals surface area contributed by atoms with E-state index in [1.807, 2.05) is 24.3 Å². The van der Waals surface area contributed by atoms with Crippen molar-refractivity contribution in [2.24, 2.45) is 5.92 Å². The molecule has 3 heteroatoms. The van der Waals surface area contributed by atoms with Crippen LogP contribution in [0, 0.1) is 5.92 Å². The number of ketones is 1. The van der Waals surface area contributed by atoms with Crippen LogP contribution in [-0.4, -0.2) is 30.8 Å². The van der Waals surface area contributed by atoms with Crippen LogP contribution in [0.15, 0.2) is 28.7 Å². The summed E-state index contributed by atoms with van der Waals surface area (Å²) in [4.78, 5) is 14.5. The quantitative estimate of drug-likeness (QED) is 0.733. The molecule has 1 aromatic carbocycles. The molecule has 1 fully saturated rings. The third-order valence-corrected chi connectivity index (χ3v) is 4.63. The van der Waals surface area contributed by atoms with Crippen molar-refractivity contribution in [3.8, 4) is 0 Å². The van der Waals surface area contributed by atoms with Crippen LogP contribution in [0.2, 0.25) is 0 Å². The van der Waals surface area contributed by atoms with E-state index in [-0.39, 0.29) is 5.78 Å². The van der Waals surface area contributed by atoms with E-state index in [9.17, 15) is 4.79 Å². The lowest BCUT2D eigenvalue weighted by atomic mass is 10.1. The first-order chi connectivity index (χ1) is 9.16. The number of carbonyl (C=O) groups is 1. The van der Waals surface area contributed by atoms with Crippen molar-refractivity contribution < 1.29 is 4.79 Å². The van der Waals surface area contributed by atoms with E-state index in [1.54, 1.807) is 0 Å². The smallest absolute Gasteiger partial charge is 0.165 e. The molecule has 0 amide bonds. The zero-order chi connectivity index (χ0) is 13.7. The van der Waals surface area contributed by atoms with Gasteiger partial charge in [-0.2, -0.15) is 0 Å². The topological polar surface area (TPSA) is 20.3 Å². The highest BCUT2D eigenvalue weighted by atomic mass is 79.9. The van der Waals surface area contributed by atoms with Crippen molar-refractivity contribution in [1.29, 1.82) is 0 Å². The van der Waals surface area contributed by atoms with Crippen LogP contribution in [0.3, 0.4) is 0 Å². The first-order valence-corrected chi connectivity index (χ1v) is 7.92. The molecular formula is C16H22BrNO. The number of hydrogen-bond donors (Lipinski definition) is 0. The van der Waals surface area contributed by atoms with E-state index in [1.165, 1.54) is 25.7 Å². The van der Waals surface area contributed by atoms with Crippen LogP contribution in [0.4, 0.5) is 0 Å². The third kappa shape index (κ3) is 4.43. The van der Waals surface area contributed by atoms with Gasteiger partial charge in [-0.1, -0.05) is 47.0 Å². The normalized spacial score (nSPS) is 16.2. The molecule has 0 radical (unpaired) electrons. The van der Waals surface area contributed by atoms with Gasteiger partial charge in [0.05, 0.1) is 0 Å². The highest BCUT2D eigenvalue weighted by molar-refractivity contribution is 9.10. The lowest BCUT2D eigenvalue weighted by Crippen LogP contribution is -2.27. The number of Topliss-reactive ketones (excluding diaryl/α,β-unsaturated/α-hetero) is 1. The predicted molar refractivity (Wildman–Crippen MR) is 82.5 cm³/mol. The van der Waals surface area contributed by atoms with Gasteiger partial charge >= 0.3 is 0 Å². The van der Waals surface area contributed by atoms with Gasteiger partial charge in [0, 0.05) is 29.5 Å². The Kier molecular flexibility index (Phi) is 5.59. The summed E-state index contributed by atoms with van der Waals surface area (Å²) in [7, 11) is 2.13. The fourth-order valence-corrected chi connectivity index (χ4v) is 3.35. The Morgan fingerprint density at radius 2 is 2.00 bits per heavy atom. The van der Waals surface area contributed by atoms with E-state index in [2.05, 4.69) is 27.9 Å². The zero-order valence-corrected chi connectivity index (χ0v) is 13.2. The molecule has 0 aliphatic heterocycles. The van der Waals surface area contributed by atoms with Gasteiger partial charge in [0.1, 0.15) is 0 Å². The minimum absolute atomic E-state index is 0.228. The molecule has 0 aromatic heterocycles. The average molecular weight is 324 g/mol. The summed E-state index contributed by atoms with van der Waals surface area (Å²) >= 11 is 3.44. The van der Waals surface area contributed by atoms with Crippen molar-refractivity contribution in [3.63, 3.8) is 0 Å². The number of rotatable bonds is 6. The van der Waals surface area contributed by atoms with Crippen LogP contribution < -0.4 is 0 Å². The highest BCUT2D eigenvalue weighted by Gasteiger charge is 2.17. The number of halogens is 1. The molecule has 0 unspecified atom stereocenters. The standard InChI is InChI=1S/C16H22BrNO/c1-18(12-13-6-2-3-7-13)11-10-16(19)14-8-4-5-9-15(14)17/h4-5,8-9,13H,2-3,6-7,10-12H2,1H3. The second kappa shape index (κ2) is 7.20. The Morgan fingerprint density at radius 3 is 2.68 bits per heavy atom. The van der Waals surface area contributed by atoms with Gasteiger partial charge < -0.3 is 4.90 Å². The molecule has 2 nitrogen and oxygen atoms in total. The Labute approximate surface area is 124 Å². The van der Waals surface area contributed by atoms with Crippen LogP contribution in [-0.2, 0) is 0 Å². The van der Waals surface area contributed by atoms with E-state index in [0.717, 1.165) is 29.0 Å². The van der Waals surface area contributed by atoms with Gasteiger partial charge in [-0.15, -0.1) is 0 Å². The summed E-state index contributed by atoms with van der Waals surface area (Å²) in [5, 5.41) is 0. The molecule has 0 bridgehead atoms. The van der Waals surface area contributed by atoms with E-state index in [0.29, 0.717) is 6.42 Å². The molecule has 104 valence electrons. The lowest BCUT2D eigenvalue weighted by Gasteiger charge is -2.20. The molecule has 0 atom stereocenters. The Morgan fingerprint density at radius 1 is 1.32 bits per heavy atom. The molecule has 1 aliphatic rings. The number of carbonyl (C=O) groups excluding carboxylic acids is 1. The number of hydrogen-bond acceptors (Lipinski definition) is 2. The summed E-state index contributed by atoms with van der Waals surface area (Å²) in [5.74, 6) is 1.08. The molecule has 0 saturated heterocycles. The van der Waals surface area contributed by atoms with Crippen LogP contribution in [0.1, 0.15) is 42.5 Å². The molecule has 0 spiro atoms. The van der Waals surface area contributed by atoms with Crippen molar-refractivity contribution >= 4 is 21.7 Å². The average Bonchev–Trinajstić information content (AvgIpc) is 2.89. The lowest BCUT2D eigenvalue weighted by molar-refractivity contribution is 0.0965. The summed E-state index contributed by atoms with van der Waals surface area (Å²) < 4.78 is 0.901. The fourth-order valence-electron chi connectivity index (χ4n) is 2.84. The minimum Gasteiger partial charge on any atom is -0.306 e. The first-order valence-electron chi connectivity index (χ1n) is 7.13. The maximum absolute atomic E-state index is 12.2. The number of nitrogens with zero attached hydrogens (tertiary/aromatic N) is 1. The molecular weight excluding hydrogens is 302 g/mol. The van der Waals surface area contributed by atoms with E-state index in [4.69, 9.17) is 0 Å². The summed E-state index contributed by atoms with van der Waals surface area (Å²) in [6.07, 6.45) is 6.10. The molecule has 1 saturated carbocycles. The van der Waals surface area contributed by atoms with Crippen molar-refractivity contribution in [1.82, 2.24) is 4.90 Å². The van der Waals surface area contributed by atoms with Gasteiger partial charge in [-0.3, -0.25) is 4.79 Å². The summed E-state index contributed by atoms with van der Waals surface area (Å²) in [6, 6.07) is 7.67. The monoisotopic (exact) mass is 323 g/mol. The largest absolute Gasteiger partial charge is 0.306 e. The van der Waals surface area contributed by atoms with Gasteiger partial charge in [-0.05, 0) is 31.9 Å². The molecule has 0 N–H and O–H groups in total. The Hall–Kier alpha value is -0.670. The molecule has 2 rings (SSSR count). The first kappa shape index (κ1) is 14.7. The summed E-state index contributed by atoms with van der Waals surface area (Å²) in [5.41, 5.74) is 0.803. The fraction of sp³-hybridized carbons (Fsp3) is 0.562. The maximum Gasteiger partial charge on any atom is 0.165 e. The highest BCUT2D eigenvalue weighted by Crippen LogP contribution is 2.25. The van der Waals surface area contributed by atoms with Crippen LogP contribution in [0.25, 0.3) is 0 Å². The van der Waals surface area contributed by atoms with Crippen molar-refractivity contribution in [2.45, 2.75) is 32.1 Å². The van der Waals surface area contributed by atoms with Gasteiger partial charge in [0.25, 0.3) is 0 Å². The minimum atomic E-state index is 0.228. The molecule has 0 heterocycles. The predicted octanol–water partition coefficient (Wildman–Crippen LogP) is 4.14. The number of benzene rings is 1. The van der Waals surface area contributed by atoms with Crippen molar-refractivity contribution in [3.05, 3.63) is 34.3 Å². The van der Waals surface area contributed by atoms with Crippen LogP contribution in [0.5, 0.6) is 0 Å². The maximum atomic E-state index is 12.2. The van der Waals surface area contributed by atoms with Gasteiger partial charge in [0.2, 0.25) is 0 Å². The molecule has 1 aliphatic carbocycles. The Bertz CT molecular complexity index is 427.